The topological polar surface area (TPSA) is 166 Å². The van der Waals surface area contributed by atoms with Gasteiger partial charge in [-0.2, -0.15) is 0 Å². The molecule has 0 aliphatic heterocycles. The molecular weight excluding hydrogens is 544 g/mol. The minimum Gasteiger partial charge on any atom is -0.510 e. The first-order chi connectivity index (χ1) is 19.6. The fraction of sp³-hybridized carbons (Fsp3) is 0.267. The van der Waals surface area contributed by atoms with Crippen LogP contribution in [0.4, 0.5) is 10.8 Å². The van der Waals surface area contributed by atoms with Gasteiger partial charge in [0.15, 0.2) is 16.7 Å². The molecule has 6 N–H and O–H groups in total. The fourth-order valence-corrected chi connectivity index (χ4v) is 7.26. The maximum atomic E-state index is 13.9. The number of likely N-dealkylation sites (N-methyl/N-ethyl adjacent to an activating group) is 1. The molecule has 0 spiro atoms. The summed E-state index contributed by atoms with van der Waals surface area (Å²) in [6.07, 6.45) is 0.649. The zero-order chi connectivity index (χ0) is 29.2. The minimum absolute atomic E-state index is 0.0443. The first-order valence-electron chi connectivity index (χ1n) is 13.1. The number of nitrogens with two attached hydrogens (primary N) is 1. The SMILES string of the molecule is CN(C)[C@@H]1C(O)=C(C(N)=O)C(=O)C2C(=O)C3=C(O)c4c(ccc(Nc5nc(-c6ccccc6)cs5)c4O)CC3CC21. The molecule has 3 aromatic rings. The Balaban J connectivity index is 1.37. The molecule has 1 saturated carbocycles. The van der Waals surface area contributed by atoms with Crippen LogP contribution >= 0.6 is 11.3 Å². The molecule has 6 rings (SSSR count). The molecule has 1 amide bonds. The minimum atomic E-state index is -1.29. The van der Waals surface area contributed by atoms with E-state index >= 15 is 0 Å². The Morgan fingerprint density at radius 1 is 1.07 bits per heavy atom. The largest absolute Gasteiger partial charge is 0.510 e. The number of carbonyl (C=O) groups is 3. The summed E-state index contributed by atoms with van der Waals surface area (Å²) in [7, 11) is 3.38. The zero-order valence-corrected chi connectivity index (χ0v) is 23.1. The number of thiazole rings is 1. The highest BCUT2D eigenvalue weighted by Crippen LogP contribution is 2.51. The van der Waals surface area contributed by atoms with E-state index in [-0.39, 0.29) is 16.9 Å². The number of anilines is 2. The summed E-state index contributed by atoms with van der Waals surface area (Å²) in [5, 5.41) is 39.0. The molecule has 1 heterocycles. The summed E-state index contributed by atoms with van der Waals surface area (Å²) >= 11 is 1.36. The molecule has 3 unspecified atom stereocenters. The Kier molecular flexibility index (Phi) is 6.43. The van der Waals surface area contributed by atoms with Gasteiger partial charge in [-0.1, -0.05) is 36.4 Å². The molecule has 0 saturated heterocycles. The molecule has 3 aliphatic carbocycles. The van der Waals surface area contributed by atoms with Gasteiger partial charge in [-0.15, -0.1) is 11.3 Å². The fourth-order valence-electron chi connectivity index (χ4n) is 6.53. The van der Waals surface area contributed by atoms with Gasteiger partial charge in [0, 0.05) is 16.5 Å². The number of phenols is 1. The van der Waals surface area contributed by atoms with Crippen LogP contribution in [0.15, 0.2) is 64.8 Å². The number of rotatable bonds is 5. The first-order valence-corrected chi connectivity index (χ1v) is 14.0. The van der Waals surface area contributed by atoms with Crippen molar-refractivity contribution in [2.75, 3.05) is 19.4 Å². The second-order valence-electron chi connectivity index (χ2n) is 10.8. The molecule has 2 aromatic carbocycles. The number of hydrogen-bond donors (Lipinski definition) is 5. The van der Waals surface area contributed by atoms with Gasteiger partial charge < -0.3 is 26.4 Å². The average molecular weight is 573 g/mol. The number of nitrogens with zero attached hydrogens (tertiary/aromatic N) is 2. The maximum absolute atomic E-state index is 13.9. The van der Waals surface area contributed by atoms with Crippen molar-refractivity contribution in [1.82, 2.24) is 9.88 Å². The number of primary amides is 1. The van der Waals surface area contributed by atoms with Crippen molar-refractivity contribution < 1.29 is 29.7 Å². The van der Waals surface area contributed by atoms with E-state index < -0.39 is 58.4 Å². The number of allylic oxidation sites excluding steroid dienone is 1. The van der Waals surface area contributed by atoms with Crippen molar-refractivity contribution >= 4 is 45.4 Å². The van der Waals surface area contributed by atoms with Crippen LogP contribution in [0, 0.1) is 17.8 Å². The van der Waals surface area contributed by atoms with Crippen molar-refractivity contribution in [2.24, 2.45) is 23.5 Å². The normalized spacial score (nSPS) is 23.8. The predicted molar refractivity (Wildman–Crippen MR) is 154 cm³/mol. The zero-order valence-electron chi connectivity index (χ0n) is 22.3. The maximum Gasteiger partial charge on any atom is 0.255 e. The van der Waals surface area contributed by atoms with Gasteiger partial charge in [-0.05, 0) is 50.4 Å². The molecule has 11 heteroatoms. The Morgan fingerprint density at radius 2 is 1.80 bits per heavy atom. The van der Waals surface area contributed by atoms with Crippen molar-refractivity contribution in [3.8, 4) is 17.0 Å². The third-order valence-electron chi connectivity index (χ3n) is 8.25. The third-order valence-corrected chi connectivity index (χ3v) is 9.01. The Morgan fingerprint density at radius 3 is 2.49 bits per heavy atom. The molecule has 210 valence electrons. The molecule has 10 nitrogen and oxygen atoms in total. The highest BCUT2D eigenvalue weighted by atomic mass is 32.1. The molecule has 4 atom stereocenters. The van der Waals surface area contributed by atoms with Crippen LogP contribution in [0.1, 0.15) is 17.5 Å². The van der Waals surface area contributed by atoms with Crippen molar-refractivity contribution in [3.63, 3.8) is 0 Å². The summed E-state index contributed by atoms with van der Waals surface area (Å²) < 4.78 is 0. The number of amides is 1. The number of carbonyl (C=O) groups excluding carboxylic acids is 3. The lowest BCUT2D eigenvalue weighted by molar-refractivity contribution is -0.136. The van der Waals surface area contributed by atoms with E-state index in [2.05, 4.69) is 10.3 Å². The molecule has 3 aliphatic rings. The number of Topliss-reactive ketones (excluding diaryl/α,β-unsaturated/α-hetero) is 2. The van der Waals surface area contributed by atoms with Crippen LogP contribution in [-0.4, -0.2) is 62.8 Å². The highest BCUT2D eigenvalue weighted by Gasteiger charge is 2.55. The quantitative estimate of drug-likeness (QED) is 0.174. The predicted octanol–water partition coefficient (Wildman–Crippen LogP) is 3.72. The van der Waals surface area contributed by atoms with Gasteiger partial charge in [-0.3, -0.25) is 19.3 Å². The summed E-state index contributed by atoms with van der Waals surface area (Å²) in [6.45, 7) is 0. The second kappa shape index (κ2) is 9.86. The Hall–Kier alpha value is -4.48. The van der Waals surface area contributed by atoms with Gasteiger partial charge in [0.05, 0.1) is 28.9 Å². The number of hydrogen-bond acceptors (Lipinski definition) is 10. The van der Waals surface area contributed by atoms with E-state index in [1.165, 1.54) is 11.3 Å². The number of phenolic OH excluding ortho intramolecular Hbond substituents is 1. The average Bonchev–Trinajstić information content (AvgIpc) is 3.38. The summed E-state index contributed by atoms with van der Waals surface area (Å²) in [6, 6.07) is 12.4. The molecule has 0 radical (unpaired) electrons. The number of benzene rings is 2. The summed E-state index contributed by atoms with van der Waals surface area (Å²) in [5.74, 6) is -5.98. The summed E-state index contributed by atoms with van der Waals surface area (Å²) in [4.78, 5) is 45.5. The van der Waals surface area contributed by atoms with Gasteiger partial charge in [-0.25, -0.2) is 4.98 Å². The number of aliphatic hydroxyl groups excluding tert-OH is 2. The molecule has 1 aromatic heterocycles. The standard InChI is InChI=1S/C30H28N4O6S/c1-34(2)23-16-11-15-10-14-8-9-17(32-30-33-18(12-41-30)13-6-4-3-5-7-13)24(35)19(14)25(36)20(15)26(37)21(16)27(38)22(28(23)39)29(31)40/h3-9,12,15-16,21,23,35-36,39H,10-11H2,1-2H3,(H2,31,40)(H,32,33)/t15?,16?,21?,23-/m0/s1. The van der Waals surface area contributed by atoms with E-state index in [9.17, 15) is 29.7 Å². The van der Waals surface area contributed by atoms with E-state index in [0.717, 1.165) is 11.3 Å². The van der Waals surface area contributed by atoms with Crippen LogP contribution in [0.5, 0.6) is 5.75 Å². The van der Waals surface area contributed by atoms with Gasteiger partial charge >= 0.3 is 0 Å². The lowest BCUT2D eigenvalue weighted by atomic mass is 9.59. The Labute approximate surface area is 239 Å². The molecule has 1 fully saturated rings. The van der Waals surface area contributed by atoms with Crippen LogP contribution in [0.2, 0.25) is 0 Å². The number of nitrogens with one attached hydrogen (secondary N) is 1. The van der Waals surface area contributed by atoms with E-state index in [4.69, 9.17) is 5.73 Å². The van der Waals surface area contributed by atoms with Crippen molar-refractivity contribution in [3.05, 3.63) is 75.9 Å². The van der Waals surface area contributed by atoms with Crippen LogP contribution < -0.4 is 11.1 Å². The molecule has 0 bridgehead atoms. The van der Waals surface area contributed by atoms with Crippen molar-refractivity contribution in [2.45, 2.75) is 18.9 Å². The lowest BCUT2D eigenvalue weighted by Gasteiger charge is -2.46. The first kappa shape index (κ1) is 26.7. The van der Waals surface area contributed by atoms with Gasteiger partial charge in [0.2, 0.25) is 0 Å². The Bertz CT molecular complexity index is 1680. The number of ketones is 2. The van der Waals surface area contributed by atoms with Crippen LogP contribution in [0.3, 0.4) is 0 Å². The smallest absolute Gasteiger partial charge is 0.255 e. The summed E-state index contributed by atoms with van der Waals surface area (Å²) in [5.41, 5.74) is 7.67. The van der Waals surface area contributed by atoms with Crippen molar-refractivity contribution in [1.29, 1.82) is 0 Å². The van der Waals surface area contributed by atoms with E-state index in [0.29, 0.717) is 29.2 Å². The molecular formula is C30H28N4O6S. The number of aromatic hydroxyl groups is 1. The second-order valence-corrected chi connectivity index (χ2v) is 11.7. The molecule has 41 heavy (non-hydrogen) atoms. The highest BCUT2D eigenvalue weighted by molar-refractivity contribution is 7.14. The number of fused-ring (bicyclic) bond motifs is 3. The van der Waals surface area contributed by atoms with Gasteiger partial charge in [0.25, 0.3) is 5.91 Å². The van der Waals surface area contributed by atoms with Crippen LogP contribution in [-0.2, 0) is 20.8 Å². The third kappa shape index (κ3) is 4.20. The number of aliphatic hydroxyl groups is 2. The van der Waals surface area contributed by atoms with E-state index in [1.807, 2.05) is 35.7 Å². The number of aromatic nitrogens is 1. The monoisotopic (exact) mass is 572 g/mol. The lowest BCUT2D eigenvalue weighted by Crippen LogP contribution is -2.55. The van der Waals surface area contributed by atoms with E-state index in [1.54, 1.807) is 31.1 Å². The van der Waals surface area contributed by atoms with Gasteiger partial charge in [0.1, 0.15) is 22.8 Å². The van der Waals surface area contributed by atoms with Crippen LogP contribution in [0.25, 0.3) is 17.0 Å².